The summed E-state index contributed by atoms with van der Waals surface area (Å²) < 4.78 is 0. The third-order valence-corrected chi connectivity index (χ3v) is 5.48. The first-order chi connectivity index (χ1) is 14.0. The molecule has 6 nitrogen and oxygen atoms in total. The third-order valence-electron chi connectivity index (χ3n) is 5.48. The number of nitrogens with one attached hydrogen (secondary N) is 1. The van der Waals surface area contributed by atoms with Gasteiger partial charge in [0, 0.05) is 49.4 Å². The summed E-state index contributed by atoms with van der Waals surface area (Å²) in [6.45, 7) is 6.96. The van der Waals surface area contributed by atoms with Crippen LogP contribution in [0.1, 0.15) is 35.7 Å². The largest absolute Gasteiger partial charge is 0.339 e. The van der Waals surface area contributed by atoms with E-state index >= 15 is 0 Å². The third kappa shape index (κ3) is 5.22. The summed E-state index contributed by atoms with van der Waals surface area (Å²) in [7, 11) is 0. The molecule has 0 bridgehead atoms. The van der Waals surface area contributed by atoms with Gasteiger partial charge in [0.2, 0.25) is 5.91 Å². The van der Waals surface area contributed by atoms with Crippen LogP contribution in [-0.4, -0.2) is 60.4 Å². The van der Waals surface area contributed by atoms with Crippen LogP contribution in [0.15, 0.2) is 54.6 Å². The van der Waals surface area contributed by atoms with Gasteiger partial charge in [0.15, 0.2) is 0 Å². The molecule has 0 aromatic heterocycles. The van der Waals surface area contributed by atoms with Gasteiger partial charge in [-0.25, -0.2) is 0 Å². The number of nitrogens with two attached hydrogens (primary N) is 1. The van der Waals surface area contributed by atoms with E-state index in [-0.39, 0.29) is 30.3 Å². The number of carbonyl (C=O) groups is 2. The minimum atomic E-state index is -0.0988. The van der Waals surface area contributed by atoms with E-state index in [1.54, 1.807) is 29.2 Å². The van der Waals surface area contributed by atoms with Crippen LogP contribution in [0.25, 0.3) is 0 Å². The maximum atomic E-state index is 12.6. The molecule has 0 unspecified atom stereocenters. The average Bonchev–Trinajstić information content (AvgIpc) is 3.09. The van der Waals surface area contributed by atoms with Crippen molar-refractivity contribution in [1.29, 1.82) is 0 Å². The van der Waals surface area contributed by atoms with Crippen LogP contribution in [0.2, 0.25) is 0 Å². The maximum absolute atomic E-state index is 12.6. The number of nitrogens with zero attached hydrogens (tertiary/aromatic N) is 2. The summed E-state index contributed by atoms with van der Waals surface area (Å²) in [6.07, 6.45) is 0. The minimum absolute atomic E-state index is 0.0141. The fourth-order valence-corrected chi connectivity index (χ4v) is 3.92. The topological polar surface area (TPSA) is 78.7 Å². The van der Waals surface area contributed by atoms with E-state index in [2.05, 4.69) is 22.3 Å². The molecule has 0 saturated carbocycles. The fraction of sp³-hybridized carbons (Fsp3) is 0.391. The Kier molecular flexibility index (Phi) is 7.01. The summed E-state index contributed by atoms with van der Waals surface area (Å²) in [5, 5.41) is 2.92. The molecule has 1 saturated heterocycles. The summed E-state index contributed by atoms with van der Waals surface area (Å²) in [4.78, 5) is 28.9. The zero-order chi connectivity index (χ0) is 20.8. The predicted octanol–water partition coefficient (Wildman–Crippen LogP) is 2.53. The number of amides is 2. The van der Waals surface area contributed by atoms with Gasteiger partial charge in [-0.05, 0) is 37.6 Å². The molecule has 0 radical (unpaired) electrons. The Balaban J connectivity index is 1.59. The first kappa shape index (κ1) is 21.0. The zero-order valence-corrected chi connectivity index (χ0v) is 17.2. The Morgan fingerprint density at radius 1 is 1.07 bits per heavy atom. The van der Waals surface area contributed by atoms with Crippen molar-refractivity contribution in [1.82, 2.24) is 9.80 Å². The molecule has 0 aliphatic carbocycles. The summed E-state index contributed by atoms with van der Waals surface area (Å²) >= 11 is 0. The average molecular weight is 395 g/mol. The number of carbonyl (C=O) groups excluding carboxylic acids is 2. The lowest BCUT2D eigenvalue weighted by Gasteiger charge is -2.19. The van der Waals surface area contributed by atoms with Crippen molar-refractivity contribution in [3.8, 4) is 0 Å². The first-order valence-corrected chi connectivity index (χ1v) is 10.2. The second-order valence-corrected chi connectivity index (χ2v) is 7.48. The van der Waals surface area contributed by atoms with Crippen molar-refractivity contribution in [2.45, 2.75) is 25.8 Å². The highest BCUT2D eigenvalue weighted by atomic mass is 16.2. The Morgan fingerprint density at radius 2 is 1.79 bits per heavy atom. The highest BCUT2D eigenvalue weighted by molar-refractivity contribution is 5.97. The lowest BCUT2D eigenvalue weighted by atomic mass is 9.95. The standard InChI is InChI=1S/C23H30N4O2/c1-3-27(4-2)23(29)18-11-8-12-19(13-18)25-22(28)16-26-14-20(21(24)15-26)17-9-6-5-7-10-17/h5-13,20-21H,3-4,14-16,24H2,1-2H3,(H,25,28)/t20-,21+/m0/s1. The molecular weight excluding hydrogens is 364 g/mol. The second-order valence-electron chi connectivity index (χ2n) is 7.48. The van der Waals surface area contributed by atoms with E-state index in [1.165, 1.54) is 5.56 Å². The molecule has 0 spiro atoms. The van der Waals surface area contributed by atoms with Gasteiger partial charge >= 0.3 is 0 Å². The van der Waals surface area contributed by atoms with Gasteiger partial charge in [-0.15, -0.1) is 0 Å². The molecule has 154 valence electrons. The first-order valence-electron chi connectivity index (χ1n) is 10.2. The van der Waals surface area contributed by atoms with Crippen LogP contribution < -0.4 is 11.1 Å². The highest BCUT2D eigenvalue weighted by Gasteiger charge is 2.32. The monoisotopic (exact) mass is 394 g/mol. The van der Waals surface area contributed by atoms with Gasteiger partial charge in [0.1, 0.15) is 0 Å². The smallest absolute Gasteiger partial charge is 0.253 e. The Hall–Kier alpha value is -2.70. The molecule has 2 amide bonds. The molecule has 1 aliphatic heterocycles. The number of rotatable bonds is 7. The summed E-state index contributed by atoms with van der Waals surface area (Å²) in [5.41, 5.74) is 8.75. The number of benzene rings is 2. The Bertz CT molecular complexity index is 836. The van der Waals surface area contributed by atoms with Crippen molar-refractivity contribution >= 4 is 17.5 Å². The van der Waals surface area contributed by atoms with Crippen molar-refractivity contribution in [3.63, 3.8) is 0 Å². The molecule has 1 heterocycles. The quantitative estimate of drug-likeness (QED) is 0.756. The minimum Gasteiger partial charge on any atom is -0.339 e. The van der Waals surface area contributed by atoms with Crippen molar-refractivity contribution in [2.24, 2.45) is 5.73 Å². The van der Waals surface area contributed by atoms with E-state index in [4.69, 9.17) is 5.73 Å². The molecule has 2 atom stereocenters. The SMILES string of the molecule is CCN(CC)C(=O)c1cccc(NC(=O)CN2C[C@@H](N)[C@H](c3ccccc3)C2)c1. The van der Waals surface area contributed by atoms with Crippen LogP contribution in [0.5, 0.6) is 0 Å². The van der Waals surface area contributed by atoms with Gasteiger partial charge in [-0.3, -0.25) is 14.5 Å². The van der Waals surface area contributed by atoms with Crippen LogP contribution >= 0.6 is 0 Å². The van der Waals surface area contributed by atoms with Crippen molar-refractivity contribution < 1.29 is 9.59 Å². The number of likely N-dealkylation sites (tertiary alicyclic amines) is 1. The lowest BCUT2D eigenvalue weighted by molar-refractivity contribution is -0.117. The molecule has 1 fully saturated rings. The number of hydrogen-bond donors (Lipinski definition) is 2. The maximum Gasteiger partial charge on any atom is 0.253 e. The highest BCUT2D eigenvalue weighted by Crippen LogP contribution is 2.26. The second kappa shape index (κ2) is 9.67. The molecule has 29 heavy (non-hydrogen) atoms. The molecule has 2 aromatic carbocycles. The Morgan fingerprint density at radius 3 is 2.48 bits per heavy atom. The van der Waals surface area contributed by atoms with Crippen LogP contribution in [0.4, 0.5) is 5.69 Å². The van der Waals surface area contributed by atoms with Gasteiger partial charge in [0.05, 0.1) is 6.54 Å². The molecule has 3 N–H and O–H groups in total. The fourth-order valence-electron chi connectivity index (χ4n) is 3.92. The van der Waals surface area contributed by atoms with Crippen LogP contribution in [-0.2, 0) is 4.79 Å². The zero-order valence-electron chi connectivity index (χ0n) is 17.2. The molecule has 1 aliphatic rings. The molecular formula is C23H30N4O2. The van der Waals surface area contributed by atoms with Crippen LogP contribution in [0.3, 0.4) is 0 Å². The van der Waals surface area contributed by atoms with E-state index in [0.29, 0.717) is 30.9 Å². The lowest BCUT2D eigenvalue weighted by Crippen LogP contribution is -2.34. The van der Waals surface area contributed by atoms with Gasteiger partial charge in [-0.1, -0.05) is 36.4 Å². The van der Waals surface area contributed by atoms with Crippen molar-refractivity contribution in [3.05, 3.63) is 65.7 Å². The van der Waals surface area contributed by atoms with E-state index in [0.717, 1.165) is 6.54 Å². The summed E-state index contributed by atoms with van der Waals surface area (Å²) in [6, 6.07) is 17.3. The molecule has 6 heteroatoms. The van der Waals surface area contributed by atoms with E-state index in [1.807, 2.05) is 32.0 Å². The number of anilines is 1. The molecule has 2 aromatic rings. The summed E-state index contributed by atoms with van der Waals surface area (Å²) in [5.74, 6) is 0.111. The predicted molar refractivity (Wildman–Crippen MR) is 116 cm³/mol. The number of hydrogen-bond acceptors (Lipinski definition) is 4. The van der Waals surface area contributed by atoms with Crippen LogP contribution in [0, 0.1) is 0 Å². The normalized spacial score (nSPS) is 19.1. The van der Waals surface area contributed by atoms with Gasteiger partial charge in [0.25, 0.3) is 5.91 Å². The molecule has 3 rings (SSSR count). The van der Waals surface area contributed by atoms with E-state index in [9.17, 15) is 9.59 Å². The Labute approximate surface area is 172 Å². The van der Waals surface area contributed by atoms with Gasteiger partial charge < -0.3 is 16.0 Å². The van der Waals surface area contributed by atoms with Crippen molar-refractivity contribution in [2.75, 3.05) is 38.0 Å². The van der Waals surface area contributed by atoms with E-state index < -0.39 is 0 Å². The van der Waals surface area contributed by atoms with Gasteiger partial charge in [-0.2, -0.15) is 0 Å².